The molecule has 5 heteroatoms. The first kappa shape index (κ1) is 14.3. The number of anilines is 1. The summed E-state index contributed by atoms with van der Waals surface area (Å²) in [7, 11) is 0. The number of nitrogens with zero attached hydrogens (tertiary/aromatic N) is 2. The van der Waals surface area contributed by atoms with Crippen LogP contribution in [0.3, 0.4) is 0 Å². The van der Waals surface area contributed by atoms with Gasteiger partial charge in [-0.3, -0.25) is 10.1 Å². The van der Waals surface area contributed by atoms with Crippen LogP contribution in [-0.2, 0) is 0 Å². The fraction of sp³-hybridized carbons (Fsp3) is 0.625. The highest BCUT2D eigenvalue weighted by molar-refractivity contribution is 5.56. The van der Waals surface area contributed by atoms with E-state index >= 15 is 0 Å². The van der Waals surface area contributed by atoms with Gasteiger partial charge in [0.25, 0.3) is 5.69 Å². The van der Waals surface area contributed by atoms with E-state index in [1.165, 1.54) is 25.7 Å². The molecule has 5 nitrogen and oxygen atoms in total. The van der Waals surface area contributed by atoms with Crippen molar-refractivity contribution in [1.82, 2.24) is 5.32 Å². The second-order valence-electron chi connectivity index (χ2n) is 6.59. The number of non-ortho nitro benzene ring substituents is 1. The van der Waals surface area contributed by atoms with Crippen LogP contribution < -0.4 is 10.2 Å². The molecule has 3 rings (SSSR count). The van der Waals surface area contributed by atoms with Gasteiger partial charge in [0.05, 0.1) is 4.92 Å². The quantitative estimate of drug-likeness (QED) is 0.672. The molecule has 0 amide bonds. The second-order valence-corrected chi connectivity index (χ2v) is 6.59. The molecule has 1 aromatic rings. The number of hydrogen-bond donors (Lipinski definition) is 1. The van der Waals surface area contributed by atoms with Gasteiger partial charge in [0.2, 0.25) is 0 Å². The molecule has 0 saturated carbocycles. The van der Waals surface area contributed by atoms with Gasteiger partial charge in [-0.15, -0.1) is 0 Å². The van der Waals surface area contributed by atoms with E-state index < -0.39 is 0 Å². The van der Waals surface area contributed by atoms with Gasteiger partial charge in [0.1, 0.15) is 0 Å². The lowest BCUT2D eigenvalue weighted by molar-refractivity contribution is -0.384. The van der Waals surface area contributed by atoms with Gasteiger partial charge in [0.15, 0.2) is 0 Å². The van der Waals surface area contributed by atoms with E-state index in [1.54, 1.807) is 12.1 Å². The van der Waals surface area contributed by atoms with E-state index in [-0.39, 0.29) is 10.6 Å². The van der Waals surface area contributed by atoms with Crippen LogP contribution in [0.2, 0.25) is 0 Å². The molecule has 2 aliphatic heterocycles. The normalized spacial score (nSPS) is 26.0. The summed E-state index contributed by atoms with van der Waals surface area (Å²) in [5.41, 5.74) is 2.52. The van der Waals surface area contributed by atoms with E-state index in [2.05, 4.69) is 16.3 Å². The summed E-state index contributed by atoms with van der Waals surface area (Å²) in [5, 5.41) is 14.6. The third-order valence-electron chi connectivity index (χ3n) is 4.84. The van der Waals surface area contributed by atoms with Gasteiger partial charge < -0.3 is 10.2 Å². The molecule has 1 spiro atoms. The molecule has 2 aliphatic rings. The van der Waals surface area contributed by atoms with Gasteiger partial charge in [-0.2, -0.15) is 0 Å². The van der Waals surface area contributed by atoms with Crippen molar-refractivity contribution in [2.24, 2.45) is 5.41 Å². The maximum absolute atomic E-state index is 11.1. The standard InChI is InChI=1S/C16H23N3O2/c1-13-8-14(10-15(9-13)19(20)21)18-7-3-5-16(12-18)4-2-6-17-11-16/h8-10,17H,2-7,11-12H2,1H3. The highest BCUT2D eigenvalue weighted by Gasteiger charge is 2.36. The Morgan fingerprint density at radius 2 is 2.10 bits per heavy atom. The molecule has 114 valence electrons. The van der Waals surface area contributed by atoms with Crippen molar-refractivity contribution in [3.8, 4) is 0 Å². The average molecular weight is 289 g/mol. The Morgan fingerprint density at radius 3 is 2.81 bits per heavy atom. The van der Waals surface area contributed by atoms with Gasteiger partial charge in [-0.1, -0.05) is 0 Å². The Balaban J connectivity index is 1.84. The van der Waals surface area contributed by atoms with Crippen LogP contribution in [0.1, 0.15) is 31.2 Å². The predicted molar refractivity (Wildman–Crippen MR) is 83.8 cm³/mol. The average Bonchev–Trinajstić information content (AvgIpc) is 2.47. The fourth-order valence-electron chi connectivity index (χ4n) is 3.84. The Bertz CT molecular complexity index is 533. The first-order valence-corrected chi connectivity index (χ1v) is 7.80. The van der Waals surface area contributed by atoms with Gasteiger partial charge in [-0.25, -0.2) is 0 Å². The largest absolute Gasteiger partial charge is 0.371 e. The SMILES string of the molecule is Cc1cc(N2CCCC3(CCCNC3)C2)cc([N+](=O)[O-])c1. The third kappa shape index (κ3) is 3.02. The Morgan fingerprint density at radius 1 is 1.29 bits per heavy atom. The van der Waals surface area contributed by atoms with Gasteiger partial charge in [0, 0.05) is 42.9 Å². The van der Waals surface area contributed by atoms with Crippen molar-refractivity contribution in [3.63, 3.8) is 0 Å². The molecule has 2 saturated heterocycles. The van der Waals surface area contributed by atoms with Gasteiger partial charge in [-0.05, 0) is 50.8 Å². The lowest BCUT2D eigenvalue weighted by Gasteiger charge is -2.46. The van der Waals surface area contributed by atoms with Crippen LogP contribution in [0.5, 0.6) is 0 Å². The Kier molecular flexibility index (Phi) is 3.85. The zero-order valence-electron chi connectivity index (χ0n) is 12.6. The summed E-state index contributed by atoms with van der Waals surface area (Å²) in [6.45, 7) is 6.15. The van der Waals surface area contributed by atoms with Crippen LogP contribution in [0.25, 0.3) is 0 Å². The van der Waals surface area contributed by atoms with Crippen molar-refractivity contribution >= 4 is 11.4 Å². The monoisotopic (exact) mass is 289 g/mol. The summed E-state index contributed by atoms with van der Waals surface area (Å²) in [6.07, 6.45) is 4.94. The van der Waals surface area contributed by atoms with Crippen molar-refractivity contribution in [1.29, 1.82) is 0 Å². The highest BCUT2D eigenvalue weighted by Crippen LogP contribution is 2.38. The maximum Gasteiger partial charge on any atom is 0.271 e. The van der Waals surface area contributed by atoms with Crippen LogP contribution >= 0.6 is 0 Å². The lowest BCUT2D eigenvalue weighted by atomic mass is 9.74. The summed E-state index contributed by atoms with van der Waals surface area (Å²) in [5.74, 6) is 0. The zero-order valence-corrected chi connectivity index (χ0v) is 12.6. The van der Waals surface area contributed by atoms with Crippen LogP contribution in [-0.4, -0.2) is 31.1 Å². The molecule has 0 bridgehead atoms. The number of hydrogen-bond acceptors (Lipinski definition) is 4. The number of rotatable bonds is 2. The van der Waals surface area contributed by atoms with Gasteiger partial charge >= 0.3 is 0 Å². The highest BCUT2D eigenvalue weighted by atomic mass is 16.6. The number of piperidine rings is 2. The number of aryl methyl sites for hydroxylation is 1. The van der Waals surface area contributed by atoms with E-state index in [0.29, 0.717) is 5.41 Å². The maximum atomic E-state index is 11.1. The zero-order chi connectivity index (χ0) is 14.9. The molecule has 0 aromatic heterocycles. The summed E-state index contributed by atoms with van der Waals surface area (Å²) in [6, 6.07) is 5.44. The van der Waals surface area contributed by atoms with E-state index in [9.17, 15) is 10.1 Å². The molecule has 2 heterocycles. The lowest BCUT2D eigenvalue weighted by Crippen LogP contribution is -2.51. The van der Waals surface area contributed by atoms with Crippen LogP contribution in [0, 0.1) is 22.5 Å². The fourth-order valence-corrected chi connectivity index (χ4v) is 3.84. The first-order valence-electron chi connectivity index (χ1n) is 7.80. The van der Waals surface area contributed by atoms with Crippen LogP contribution in [0.4, 0.5) is 11.4 Å². The molecule has 0 radical (unpaired) electrons. The van der Waals surface area contributed by atoms with E-state index in [1.807, 2.05) is 6.92 Å². The Labute approximate surface area is 125 Å². The van der Waals surface area contributed by atoms with E-state index in [4.69, 9.17) is 0 Å². The molecule has 1 atom stereocenters. The predicted octanol–water partition coefficient (Wildman–Crippen LogP) is 2.87. The molecular formula is C16H23N3O2. The minimum Gasteiger partial charge on any atom is -0.371 e. The second kappa shape index (κ2) is 5.64. The molecule has 1 N–H and O–H groups in total. The minimum atomic E-state index is -0.293. The number of nitrogens with one attached hydrogen (secondary N) is 1. The molecular weight excluding hydrogens is 266 g/mol. The first-order chi connectivity index (χ1) is 10.1. The Hall–Kier alpha value is -1.62. The summed E-state index contributed by atoms with van der Waals surface area (Å²) >= 11 is 0. The topological polar surface area (TPSA) is 58.4 Å². The molecule has 2 fully saturated rings. The summed E-state index contributed by atoms with van der Waals surface area (Å²) in [4.78, 5) is 13.1. The number of benzene rings is 1. The number of nitro groups is 1. The summed E-state index contributed by atoms with van der Waals surface area (Å²) < 4.78 is 0. The number of nitro benzene ring substituents is 1. The van der Waals surface area contributed by atoms with Crippen molar-refractivity contribution in [3.05, 3.63) is 33.9 Å². The smallest absolute Gasteiger partial charge is 0.271 e. The molecule has 0 aliphatic carbocycles. The van der Waals surface area contributed by atoms with Crippen molar-refractivity contribution in [2.45, 2.75) is 32.6 Å². The van der Waals surface area contributed by atoms with Crippen molar-refractivity contribution < 1.29 is 4.92 Å². The van der Waals surface area contributed by atoms with E-state index in [0.717, 1.165) is 37.4 Å². The van der Waals surface area contributed by atoms with Crippen LogP contribution in [0.15, 0.2) is 18.2 Å². The molecule has 1 unspecified atom stereocenters. The molecule has 21 heavy (non-hydrogen) atoms. The third-order valence-corrected chi connectivity index (χ3v) is 4.84. The van der Waals surface area contributed by atoms with Crippen molar-refractivity contribution in [2.75, 3.05) is 31.1 Å². The molecule has 1 aromatic carbocycles. The minimum absolute atomic E-state index is 0.200.